The van der Waals surface area contributed by atoms with Crippen LogP contribution in [0.4, 0.5) is 0 Å². The molecular formula is C10H13NO5. The Bertz CT molecular complexity index is 463. The number of aryl methyl sites for hydroxylation is 1. The Hall–Kier alpha value is -1.82. The second-order valence-corrected chi connectivity index (χ2v) is 3.22. The number of nitrogens with one attached hydrogen (secondary N) is 1. The molecule has 0 fully saturated rings. The van der Waals surface area contributed by atoms with Crippen LogP contribution in [0.2, 0.25) is 0 Å². The molecular weight excluding hydrogens is 214 g/mol. The van der Waals surface area contributed by atoms with Crippen LogP contribution in [0.1, 0.15) is 28.5 Å². The molecule has 1 aromatic heterocycles. The lowest BCUT2D eigenvalue weighted by molar-refractivity contribution is 0.0685. The summed E-state index contributed by atoms with van der Waals surface area (Å²) in [6, 6.07) is 0. The average Bonchev–Trinajstić information content (AvgIpc) is 2.20. The van der Waals surface area contributed by atoms with Crippen molar-refractivity contribution in [1.29, 1.82) is 0 Å². The standard InChI is InChI=1S/C10H13NO5/c1-3-16-4-6-7(10(14)15)9(13)11-5(2)8(6)12/h12H,3-4H2,1-2H3,(H,11,13)(H,14,15). The van der Waals surface area contributed by atoms with Crippen molar-refractivity contribution in [1.82, 2.24) is 4.98 Å². The first-order valence-corrected chi connectivity index (χ1v) is 4.74. The molecule has 0 spiro atoms. The monoisotopic (exact) mass is 227 g/mol. The molecule has 6 heteroatoms. The smallest absolute Gasteiger partial charge is 0.341 e. The number of H-pyrrole nitrogens is 1. The van der Waals surface area contributed by atoms with Crippen LogP contribution in [0.3, 0.4) is 0 Å². The summed E-state index contributed by atoms with van der Waals surface area (Å²) in [5.74, 6) is -1.63. The normalized spacial score (nSPS) is 10.4. The molecule has 0 bridgehead atoms. The summed E-state index contributed by atoms with van der Waals surface area (Å²) >= 11 is 0. The van der Waals surface area contributed by atoms with Crippen molar-refractivity contribution in [2.75, 3.05) is 6.61 Å². The van der Waals surface area contributed by atoms with Crippen LogP contribution in [-0.2, 0) is 11.3 Å². The van der Waals surface area contributed by atoms with Crippen LogP contribution < -0.4 is 5.56 Å². The molecule has 0 saturated heterocycles. The average molecular weight is 227 g/mol. The van der Waals surface area contributed by atoms with Crippen molar-refractivity contribution in [3.8, 4) is 5.75 Å². The summed E-state index contributed by atoms with van der Waals surface area (Å²) in [5.41, 5.74) is -0.977. The van der Waals surface area contributed by atoms with Crippen LogP contribution in [0.15, 0.2) is 4.79 Å². The van der Waals surface area contributed by atoms with Gasteiger partial charge in [-0.05, 0) is 13.8 Å². The number of carboxylic acid groups (broad SMARTS) is 1. The molecule has 0 atom stereocenters. The van der Waals surface area contributed by atoms with Gasteiger partial charge in [-0.2, -0.15) is 0 Å². The Kier molecular flexibility index (Phi) is 3.68. The van der Waals surface area contributed by atoms with E-state index in [2.05, 4.69) is 4.98 Å². The third-order valence-electron chi connectivity index (χ3n) is 2.14. The van der Waals surface area contributed by atoms with E-state index in [1.54, 1.807) is 6.92 Å². The van der Waals surface area contributed by atoms with E-state index in [-0.39, 0.29) is 23.6 Å². The third kappa shape index (κ3) is 2.22. The highest BCUT2D eigenvalue weighted by Gasteiger charge is 2.20. The zero-order chi connectivity index (χ0) is 12.3. The van der Waals surface area contributed by atoms with Crippen LogP contribution in [0, 0.1) is 6.92 Å². The van der Waals surface area contributed by atoms with E-state index in [4.69, 9.17) is 9.84 Å². The van der Waals surface area contributed by atoms with E-state index in [1.807, 2.05) is 0 Å². The van der Waals surface area contributed by atoms with Crippen molar-refractivity contribution in [2.24, 2.45) is 0 Å². The second-order valence-electron chi connectivity index (χ2n) is 3.22. The number of ether oxygens (including phenoxy) is 1. The molecule has 16 heavy (non-hydrogen) atoms. The second kappa shape index (κ2) is 4.80. The third-order valence-corrected chi connectivity index (χ3v) is 2.14. The molecule has 0 radical (unpaired) electrons. The molecule has 0 aliphatic carbocycles. The maximum Gasteiger partial charge on any atom is 0.341 e. The zero-order valence-electron chi connectivity index (χ0n) is 9.03. The number of aromatic amines is 1. The number of hydrogen-bond donors (Lipinski definition) is 3. The zero-order valence-corrected chi connectivity index (χ0v) is 9.03. The fourth-order valence-corrected chi connectivity index (χ4v) is 1.34. The summed E-state index contributed by atoms with van der Waals surface area (Å²) in [4.78, 5) is 24.6. The highest BCUT2D eigenvalue weighted by molar-refractivity contribution is 5.89. The topological polar surface area (TPSA) is 99.6 Å². The number of aromatic hydroxyl groups is 1. The largest absolute Gasteiger partial charge is 0.506 e. The quantitative estimate of drug-likeness (QED) is 0.700. The first-order valence-electron chi connectivity index (χ1n) is 4.74. The summed E-state index contributed by atoms with van der Waals surface area (Å²) in [6.45, 7) is 3.48. The highest BCUT2D eigenvalue weighted by Crippen LogP contribution is 2.22. The highest BCUT2D eigenvalue weighted by atomic mass is 16.5. The molecule has 3 N–H and O–H groups in total. The summed E-state index contributed by atoms with van der Waals surface area (Å²) in [5, 5.41) is 18.5. The Morgan fingerprint density at radius 3 is 2.62 bits per heavy atom. The van der Waals surface area contributed by atoms with E-state index in [9.17, 15) is 14.7 Å². The molecule has 0 saturated carbocycles. The molecule has 0 aliphatic rings. The molecule has 1 heterocycles. The van der Waals surface area contributed by atoms with Gasteiger partial charge in [-0.15, -0.1) is 0 Å². The van der Waals surface area contributed by atoms with Gasteiger partial charge in [0.15, 0.2) is 0 Å². The molecule has 0 aromatic carbocycles. The van der Waals surface area contributed by atoms with Gasteiger partial charge >= 0.3 is 5.97 Å². The van der Waals surface area contributed by atoms with E-state index >= 15 is 0 Å². The summed E-state index contributed by atoms with van der Waals surface area (Å²) < 4.78 is 5.03. The maximum absolute atomic E-state index is 11.4. The lowest BCUT2D eigenvalue weighted by Gasteiger charge is -2.09. The number of aromatic nitrogens is 1. The van der Waals surface area contributed by atoms with Crippen molar-refractivity contribution in [3.05, 3.63) is 27.2 Å². The molecule has 1 rings (SSSR count). The number of aromatic carboxylic acids is 1. The van der Waals surface area contributed by atoms with Crippen molar-refractivity contribution in [3.63, 3.8) is 0 Å². The van der Waals surface area contributed by atoms with Crippen LogP contribution in [0.25, 0.3) is 0 Å². The number of carboxylic acids is 1. The van der Waals surface area contributed by atoms with Crippen molar-refractivity contribution in [2.45, 2.75) is 20.5 Å². The van der Waals surface area contributed by atoms with E-state index in [1.165, 1.54) is 6.92 Å². The maximum atomic E-state index is 11.4. The van der Waals surface area contributed by atoms with Crippen LogP contribution >= 0.6 is 0 Å². The van der Waals surface area contributed by atoms with Gasteiger partial charge in [-0.3, -0.25) is 4.79 Å². The minimum Gasteiger partial charge on any atom is -0.506 e. The molecule has 88 valence electrons. The summed E-state index contributed by atoms with van der Waals surface area (Å²) in [6.07, 6.45) is 0. The Morgan fingerprint density at radius 1 is 1.50 bits per heavy atom. The number of carbonyl (C=O) groups is 1. The van der Waals surface area contributed by atoms with Gasteiger partial charge in [0, 0.05) is 12.2 Å². The van der Waals surface area contributed by atoms with Gasteiger partial charge in [0.25, 0.3) is 5.56 Å². The molecule has 0 unspecified atom stereocenters. The fourth-order valence-electron chi connectivity index (χ4n) is 1.34. The molecule has 6 nitrogen and oxygen atoms in total. The lowest BCUT2D eigenvalue weighted by atomic mass is 10.1. The Balaban J connectivity index is 3.39. The van der Waals surface area contributed by atoms with E-state index < -0.39 is 17.1 Å². The van der Waals surface area contributed by atoms with Crippen LogP contribution in [-0.4, -0.2) is 27.8 Å². The van der Waals surface area contributed by atoms with Gasteiger partial charge in [0.2, 0.25) is 0 Å². The van der Waals surface area contributed by atoms with E-state index in [0.717, 1.165) is 0 Å². The first-order chi connectivity index (χ1) is 7.49. The predicted octanol–water partition coefficient (Wildman–Crippen LogP) is 0.624. The van der Waals surface area contributed by atoms with Crippen molar-refractivity contribution >= 4 is 5.97 Å². The molecule has 0 amide bonds. The minimum atomic E-state index is -1.38. The van der Waals surface area contributed by atoms with Gasteiger partial charge in [-0.25, -0.2) is 4.79 Å². The van der Waals surface area contributed by atoms with Gasteiger partial charge in [0.1, 0.15) is 11.3 Å². The van der Waals surface area contributed by atoms with E-state index in [0.29, 0.717) is 6.61 Å². The lowest BCUT2D eigenvalue weighted by Crippen LogP contribution is -2.22. The summed E-state index contributed by atoms with van der Waals surface area (Å²) in [7, 11) is 0. The Morgan fingerprint density at radius 2 is 2.12 bits per heavy atom. The van der Waals surface area contributed by atoms with Crippen LogP contribution in [0.5, 0.6) is 5.75 Å². The molecule has 1 aromatic rings. The minimum absolute atomic E-state index is 0.00981. The SMILES string of the molecule is CCOCc1c(O)c(C)[nH]c(=O)c1C(=O)O. The van der Waals surface area contributed by atoms with Gasteiger partial charge < -0.3 is 19.9 Å². The number of rotatable bonds is 4. The number of hydrogen-bond acceptors (Lipinski definition) is 4. The predicted molar refractivity (Wildman–Crippen MR) is 55.8 cm³/mol. The Labute approximate surface area is 91.5 Å². The first kappa shape index (κ1) is 12.3. The van der Waals surface area contributed by atoms with Crippen molar-refractivity contribution < 1.29 is 19.7 Å². The number of pyridine rings is 1. The van der Waals surface area contributed by atoms with Gasteiger partial charge in [0.05, 0.1) is 12.3 Å². The molecule has 0 aliphatic heterocycles. The van der Waals surface area contributed by atoms with Gasteiger partial charge in [-0.1, -0.05) is 0 Å². The fraction of sp³-hybridized carbons (Fsp3) is 0.400.